The molecule has 0 atom stereocenters. The summed E-state index contributed by atoms with van der Waals surface area (Å²) in [6.07, 6.45) is 0. The molecule has 0 spiro atoms. The van der Waals surface area contributed by atoms with Crippen LogP contribution in [-0.2, 0) is 25.7 Å². The molecule has 0 bridgehead atoms. The van der Waals surface area contributed by atoms with Gasteiger partial charge in [-0.05, 0) is 45.4 Å². The summed E-state index contributed by atoms with van der Waals surface area (Å²) in [5, 5.41) is 17.2. The van der Waals surface area contributed by atoms with E-state index in [0.29, 0.717) is 5.75 Å². The maximum Gasteiger partial charge on any atom is 0.394 e. The summed E-state index contributed by atoms with van der Waals surface area (Å²) in [7, 11) is -4.67. The molecule has 4 N–H and O–H groups in total. The van der Waals surface area contributed by atoms with E-state index in [0.717, 1.165) is 5.56 Å². The summed E-state index contributed by atoms with van der Waals surface area (Å²) in [5.74, 6) is 0.488. The molecule has 0 aliphatic carbocycles. The molecule has 0 fully saturated rings. The second-order valence-corrected chi connectivity index (χ2v) is 6.55. The molecule has 0 unspecified atom stereocenters. The quantitative estimate of drug-likeness (QED) is 0.338. The van der Waals surface area contributed by atoms with Crippen LogP contribution in [0.5, 0.6) is 5.75 Å². The number of carbonyl (C=O) groups is 1. The number of hydrogen-bond donors (Lipinski definition) is 4. The summed E-state index contributed by atoms with van der Waals surface area (Å²) >= 11 is 0. The number of hydrogen-bond acceptors (Lipinski definition) is 6. The van der Waals surface area contributed by atoms with E-state index >= 15 is 0 Å². The van der Waals surface area contributed by atoms with Crippen molar-refractivity contribution in [1.82, 2.24) is 0 Å². The third kappa shape index (κ3) is 21.7. The summed E-state index contributed by atoms with van der Waals surface area (Å²) in [6, 6.07) is 18.3. The molecule has 2 aromatic carbocycles. The van der Waals surface area contributed by atoms with E-state index in [4.69, 9.17) is 27.9 Å². The number of aromatic hydroxyl groups is 1. The zero-order chi connectivity index (χ0) is 21.5. The van der Waals surface area contributed by atoms with Crippen LogP contribution in [0.25, 0.3) is 0 Å². The van der Waals surface area contributed by atoms with Crippen LogP contribution in [0.15, 0.2) is 60.7 Å². The molecular formula is C18H26O8S. The predicted octanol–water partition coefficient (Wildman–Crippen LogP) is 3.75. The fourth-order valence-corrected chi connectivity index (χ4v) is 1.32. The highest BCUT2D eigenvalue weighted by Crippen LogP contribution is 2.22. The Balaban J connectivity index is 0. The van der Waals surface area contributed by atoms with E-state index in [1.807, 2.05) is 50.2 Å². The maximum absolute atomic E-state index is 9.44. The van der Waals surface area contributed by atoms with Crippen LogP contribution in [-0.4, -0.2) is 33.7 Å². The second-order valence-electron chi connectivity index (χ2n) is 5.66. The largest absolute Gasteiger partial charge is 0.508 e. The Labute approximate surface area is 159 Å². The Morgan fingerprint density at radius 1 is 0.889 bits per heavy atom. The normalized spacial score (nSPS) is 10.0. The average molecular weight is 402 g/mol. The highest BCUT2D eigenvalue weighted by Gasteiger charge is 2.20. The molecule has 0 amide bonds. The zero-order valence-electron chi connectivity index (χ0n) is 15.6. The molecular weight excluding hydrogens is 376 g/mol. The monoisotopic (exact) mass is 402 g/mol. The molecule has 0 aliphatic heterocycles. The van der Waals surface area contributed by atoms with E-state index in [2.05, 4.69) is 4.89 Å². The van der Waals surface area contributed by atoms with Crippen LogP contribution in [0, 0.1) is 0 Å². The zero-order valence-corrected chi connectivity index (χ0v) is 16.4. The van der Waals surface area contributed by atoms with Gasteiger partial charge in [-0.3, -0.25) is 14.4 Å². The first-order valence-electron chi connectivity index (χ1n) is 7.58. The van der Waals surface area contributed by atoms with Crippen molar-refractivity contribution in [1.29, 1.82) is 0 Å². The van der Waals surface area contributed by atoms with Crippen molar-refractivity contribution in [3.05, 3.63) is 66.2 Å². The highest BCUT2D eigenvalue weighted by molar-refractivity contribution is 7.79. The number of rotatable bonds is 2. The number of ketones is 1. The van der Waals surface area contributed by atoms with Gasteiger partial charge < -0.3 is 9.90 Å². The lowest BCUT2D eigenvalue weighted by Crippen LogP contribution is -2.19. The number of benzene rings is 2. The number of carbonyl (C=O) groups excluding carboxylic acids is 1. The topological polar surface area (TPSA) is 141 Å². The standard InChI is InChI=1S/C9H12O2.C6H6O.C3H6O.H2O4S/c1-9(2,11-10)8-6-4-3-5-7-8;7-6-4-2-1-3-5-6;1-3(2)4;1-5(2,3)4/h3-7,10H,1-2H3;1-5,7H;1-2H3;(H2,1,2,3,4). The molecule has 27 heavy (non-hydrogen) atoms. The van der Waals surface area contributed by atoms with E-state index in [1.165, 1.54) is 13.8 Å². The lowest BCUT2D eigenvalue weighted by molar-refractivity contribution is -0.318. The van der Waals surface area contributed by atoms with Gasteiger partial charge in [0.25, 0.3) is 0 Å². The fourth-order valence-electron chi connectivity index (χ4n) is 1.32. The van der Waals surface area contributed by atoms with Crippen LogP contribution in [0.1, 0.15) is 33.3 Å². The predicted molar refractivity (Wildman–Crippen MR) is 102 cm³/mol. The molecule has 2 aromatic rings. The lowest BCUT2D eigenvalue weighted by atomic mass is 9.99. The SMILES string of the molecule is CC(C)(OO)c1ccccc1.CC(C)=O.O=S(=O)(O)O.Oc1ccccc1. The molecule has 9 heteroatoms. The Morgan fingerprint density at radius 3 is 1.41 bits per heavy atom. The molecule has 0 radical (unpaired) electrons. The average Bonchev–Trinajstić information content (AvgIpc) is 2.55. The van der Waals surface area contributed by atoms with Gasteiger partial charge in [-0.15, -0.1) is 0 Å². The Bertz CT molecular complexity index is 716. The summed E-state index contributed by atoms with van der Waals surface area (Å²) in [6.45, 7) is 6.67. The van der Waals surface area contributed by atoms with Gasteiger partial charge in [0.05, 0.1) is 0 Å². The van der Waals surface area contributed by atoms with Crippen molar-refractivity contribution in [2.24, 2.45) is 0 Å². The van der Waals surface area contributed by atoms with Crippen molar-refractivity contribution in [2.45, 2.75) is 33.3 Å². The van der Waals surface area contributed by atoms with Crippen molar-refractivity contribution in [3.63, 3.8) is 0 Å². The number of phenolic OH excluding ortho intramolecular Hbond substituents is 1. The first-order chi connectivity index (χ1) is 12.3. The molecule has 152 valence electrons. The maximum atomic E-state index is 9.44. The summed E-state index contributed by atoms with van der Waals surface area (Å²) in [4.78, 5) is 13.8. The third-order valence-electron chi connectivity index (χ3n) is 2.45. The number of para-hydroxylation sites is 1. The minimum Gasteiger partial charge on any atom is -0.508 e. The molecule has 0 aliphatic rings. The van der Waals surface area contributed by atoms with Gasteiger partial charge in [0.2, 0.25) is 0 Å². The summed E-state index contributed by atoms with van der Waals surface area (Å²) in [5.41, 5.74) is 0.351. The minimum absolute atomic E-state index is 0.167. The van der Waals surface area contributed by atoms with Crippen LogP contribution in [0.4, 0.5) is 0 Å². The van der Waals surface area contributed by atoms with Crippen LogP contribution in [0.3, 0.4) is 0 Å². The van der Waals surface area contributed by atoms with Gasteiger partial charge >= 0.3 is 10.4 Å². The van der Waals surface area contributed by atoms with Crippen molar-refractivity contribution < 1.29 is 37.6 Å². The van der Waals surface area contributed by atoms with E-state index in [9.17, 15) is 4.79 Å². The first kappa shape index (κ1) is 26.9. The van der Waals surface area contributed by atoms with Gasteiger partial charge in [0.15, 0.2) is 0 Å². The molecule has 0 aromatic heterocycles. The Kier molecular flexibility index (Phi) is 13.8. The highest BCUT2D eigenvalue weighted by atomic mass is 32.3. The molecule has 2 rings (SSSR count). The van der Waals surface area contributed by atoms with Crippen LogP contribution in [0.2, 0.25) is 0 Å². The van der Waals surface area contributed by atoms with Crippen molar-refractivity contribution >= 4 is 16.2 Å². The third-order valence-corrected chi connectivity index (χ3v) is 2.45. The fraction of sp³-hybridized carbons (Fsp3) is 0.278. The van der Waals surface area contributed by atoms with E-state index < -0.39 is 16.0 Å². The Hall–Kier alpha value is -2.30. The summed E-state index contributed by atoms with van der Waals surface area (Å²) < 4.78 is 31.6. The van der Waals surface area contributed by atoms with Gasteiger partial charge in [-0.2, -0.15) is 8.42 Å². The van der Waals surface area contributed by atoms with Gasteiger partial charge in [-0.1, -0.05) is 48.5 Å². The molecule has 0 saturated heterocycles. The Morgan fingerprint density at radius 2 is 1.19 bits per heavy atom. The van der Waals surface area contributed by atoms with Crippen LogP contribution < -0.4 is 0 Å². The molecule has 0 heterocycles. The number of phenols is 1. The second kappa shape index (κ2) is 13.8. The van der Waals surface area contributed by atoms with E-state index in [1.54, 1.807) is 24.3 Å². The van der Waals surface area contributed by atoms with Crippen molar-refractivity contribution in [2.75, 3.05) is 0 Å². The van der Waals surface area contributed by atoms with Crippen molar-refractivity contribution in [3.8, 4) is 5.75 Å². The molecule has 0 saturated carbocycles. The van der Waals surface area contributed by atoms with E-state index in [-0.39, 0.29) is 5.78 Å². The first-order valence-corrected chi connectivity index (χ1v) is 8.98. The van der Waals surface area contributed by atoms with Gasteiger partial charge in [0.1, 0.15) is 17.1 Å². The lowest BCUT2D eigenvalue weighted by Gasteiger charge is -2.20. The number of Topliss-reactive ketones (excluding diaryl/α,β-unsaturated/α-hetero) is 1. The molecule has 8 nitrogen and oxygen atoms in total. The van der Waals surface area contributed by atoms with Crippen LogP contribution >= 0.6 is 0 Å². The van der Waals surface area contributed by atoms with Gasteiger partial charge in [-0.25, -0.2) is 4.89 Å². The smallest absolute Gasteiger partial charge is 0.394 e. The van der Waals surface area contributed by atoms with Gasteiger partial charge in [0, 0.05) is 0 Å². The minimum atomic E-state index is -4.67.